The zero-order valence-corrected chi connectivity index (χ0v) is 14.0. The van der Waals surface area contributed by atoms with Gasteiger partial charge in [0.05, 0.1) is 6.07 Å². The molecule has 3 heterocycles. The summed E-state index contributed by atoms with van der Waals surface area (Å²) in [5.41, 5.74) is 0.491. The molecule has 4 rings (SSSR count). The van der Waals surface area contributed by atoms with Crippen molar-refractivity contribution in [2.75, 3.05) is 19.6 Å². The van der Waals surface area contributed by atoms with Gasteiger partial charge in [0.1, 0.15) is 5.41 Å². The molecule has 3 aliphatic rings. The van der Waals surface area contributed by atoms with Crippen molar-refractivity contribution in [3.8, 4) is 6.07 Å². The minimum absolute atomic E-state index is 0.109. The number of nitrogens with zero attached hydrogens (tertiary/aromatic N) is 4. The maximum absolute atomic E-state index is 13.1. The molecule has 1 saturated carbocycles. The molecule has 1 amide bonds. The lowest BCUT2D eigenvalue weighted by Crippen LogP contribution is -2.46. The number of amides is 1. The van der Waals surface area contributed by atoms with Crippen molar-refractivity contribution in [2.24, 2.45) is 11.3 Å². The maximum atomic E-state index is 13.1. The molecule has 2 aliphatic heterocycles. The summed E-state index contributed by atoms with van der Waals surface area (Å²) in [6.07, 6.45) is 8.29. The predicted molar refractivity (Wildman–Crippen MR) is 89.6 cm³/mol. The molecule has 24 heavy (non-hydrogen) atoms. The van der Waals surface area contributed by atoms with Crippen LogP contribution in [0.4, 0.5) is 0 Å². The molecule has 2 saturated heterocycles. The smallest absolute Gasteiger partial charge is 0.243 e. The molecule has 3 fully saturated rings. The van der Waals surface area contributed by atoms with Crippen LogP contribution in [-0.4, -0.2) is 46.4 Å². The summed E-state index contributed by atoms with van der Waals surface area (Å²) in [4.78, 5) is 21.7. The molecule has 126 valence electrons. The Hall–Kier alpha value is -1.93. The van der Waals surface area contributed by atoms with E-state index in [0.717, 1.165) is 58.3 Å². The number of likely N-dealkylation sites (tertiary alicyclic amines) is 2. The summed E-state index contributed by atoms with van der Waals surface area (Å²) in [5.74, 6) is 0.668. The van der Waals surface area contributed by atoms with Crippen LogP contribution in [0.25, 0.3) is 0 Å². The molecular weight excluding hydrogens is 300 g/mol. The maximum Gasteiger partial charge on any atom is 0.243 e. The number of hydrogen-bond acceptors (Lipinski definition) is 4. The largest absolute Gasteiger partial charge is 0.337 e. The average molecular weight is 324 g/mol. The van der Waals surface area contributed by atoms with Gasteiger partial charge < -0.3 is 4.90 Å². The lowest BCUT2D eigenvalue weighted by atomic mass is 9.86. The van der Waals surface area contributed by atoms with Gasteiger partial charge in [0.15, 0.2) is 0 Å². The molecule has 5 heteroatoms. The Bertz CT molecular complexity index is 647. The highest BCUT2D eigenvalue weighted by molar-refractivity contribution is 5.86. The molecule has 0 spiro atoms. The molecule has 0 bridgehead atoms. The highest BCUT2D eigenvalue weighted by atomic mass is 16.2. The van der Waals surface area contributed by atoms with Gasteiger partial charge in [0, 0.05) is 44.6 Å². The summed E-state index contributed by atoms with van der Waals surface area (Å²) in [6, 6.07) is 6.74. The van der Waals surface area contributed by atoms with E-state index >= 15 is 0 Å². The van der Waals surface area contributed by atoms with Crippen molar-refractivity contribution in [1.29, 1.82) is 5.26 Å². The van der Waals surface area contributed by atoms with Crippen molar-refractivity contribution in [3.63, 3.8) is 0 Å². The molecule has 1 aliphatic carbocycles. The topological polar surface area (TPSA) is 60.2 Å². The van der Waals surface area contributed by atoms with E-state index in [4.69, 9.17) is 0 Å². The number of rotatable bonds is 3. The third kappa shape index (κ3) is 2.59. The van der Waals surface area contributed by atoms with Gasteiger partial charge >= 0.3 is 0 Å². The van der Waals surface area contributed by atoms with Gasteiger partial charge in [-0.15, -0.1) is 0 Å². The second-order valence-electron chi connectivity index (χ2n) is 7.57. The summed E-state index contributed by atoms with van der Waals surface area (Å²) in [6.45, 7) is 3.69. The Morgan fingerprint density at radius 1 is 1.38 bits per heavy atom. The predicted octanol–water partition coefficient (Wildman–Crippen LogP) is 2.20. The van der Waals surface area contributed by atoms with Crippen molar-refractivity contribution in [1.82, 2.24) is 14.8 Å². The van der Waals surface area contributed by atoms with Gasteiger partial charge in [-0.2, -0.15) is 5.26 Å². The lowest BCUT2D eigenvalue weighted by molar-refractivity contribution is -0.139. The summed E-state index contributed by atoms with van der Waals surface area (Å²) in [5, 5.41) is 9.62. The van der Waals surface area contributed by atoms with E-state index in [0.29, 0.717) is 12.0 Å². The number of aromatic nitrogens is 1. The molecule has 2 atom stereocenters. The molecule has 0 unspecified atom stereocenters. The minimum Gasteiger partial charge on any atom is -0.337 e. The SMILES string of the molecule is N#CC1(C(=O)N2CC[C@H]3CN(Cc4cccnc4)C[C@H]32)CCCC1. The lowest BCUT2D eigenvalue weighted by Gasteiger charge is -2.31. The number of pyridine rings is 1. The Morgan fingerprint density at radius 2 is 2.21 bits per heavy atom. The zero-order chi connectivity index (χ0) is 16.6. The van der Waals surface area contributed by atoms with Crippen LogP contribution in [0.15, 0.2) is 24.5 Å². The second kappa shape index (κ2) is 6.18. The van der Waals surface area contributed by atoms with Crippen LogP contribution in [0.2, 0.25) is 0 Å². The van der Waals surface area contributed by atoms with Gasteiger partial charge in [0.2, 0.25) is 5.91 Å². The van der Waals surface area contributed by atoms with E-state index in [1.54, 1.807) is 6.20 Å². The van der Waals surface area contributed by atoms with E-state index < -0.39 is 5.41 Å². The van der Waals surface area contributed by atoms with E-state index in [1.165, 1.54) is 5.56 Å². The van der Waals surface area contributed by atoms with E-state index in [1.807, 2.05) is 17.2 Å². The number of carbonyl (C=O) groups excluding carboxylic acids is 1. The van der Waals surface area contributed by atoms with Crippen LogP contribution in [0, 0.1) is 22.7 Å². The van der Waals surface area contributed by atoms with Crippen LogP contribution < -0.4 is 0 Å². The third-order valence-corrected chi connectivity index (χ3v) is 6.09. The fourth-order valence-corrected chi connectivity index (χ4v) is 4.81. The molecule has 5 nitrogen and oxygen atoms in total. The Morgan fingerprint density at radius 3 is 2.92 bits per heavy atom. The van der Waals surface area contributed by atoms with Crippen molar-refractivity contribution in [3.05, 3.63) is 30.1 Å². The number of carbonyl (C=O) groups is 1. The minimum atomic E-state index is -0.730. The Balaban J connectivity index is 1.45. The summed E-state index contributed by atoms with van der Waals surface area (Å²) < 4.78 is 0. The normalized spacial score (nSPS) is 28.7. The van der Waals surface area contributed by atoms with Crippen LogP contribution in [0.5, 0.6) is 0 Å². The summed E-state index contributed by atoms with van der Waals surface area (Å²) in [7, 11) is 0. The number of hydrogen-bond donors (Lipinski definition) is 0. The van der Waals surface area contributed by atoms with Crippen LogP contribution >= 0.6 is 0 Å². The first-order chi connectivity index (χ1) is 11.7. The van der Waals surface area contributed by atoms with Crippen molar-refractivity contribution >= 4 is 5.91 Å². The Kier molecular flexibility index (Phi) is 4.01. The van der Waals surface area contributed by atoms with Crippen molar-refractivity contribution < 1.29 is 4.79 Å². The highest BCUT2D eigenvalue weighted by Crippen LogP contribution is 2.42. The molecule has 1 aromatic heterocycles. The van der Waals surface area contributed by atoms with Gasteiger partial charge in [-0.25, -0.2) is 0 Å². The van der Waals surface area contributed by atoms with Gasteiger partial charge in [-0.3, -0.25) is 14.7 Å². The standard InChI is InChI=1S/C19H24N4O/c20-14-19(6-1-2-7-19)18(24)23-9-5-16-12-22(13-17(16)23)11-15-4-3-8-21-10-15/h3-4,8,10,16-17H,1-2,5-7,9,11-13H2/t16-,17+/m0/s1. The fourth-order valence-electron chi connectivity index (χ4n) is 4.81. The molecule has 0 radical (unpaired) electrons. The zero-order valence-electron chi connectivity index (χ0n) is 14.0. The second-order valence-corrected chi connectivity index (χ2v) is 7.57. The van der Waals surface area contributed by atoms with E-state index in [9.17, 15) is 10.1 Å². The van der Waals surface area contributed by atoms with Gasteiger partial charge in [-0.1, -0.05) is 18.9 Å². The third-order valence-electron chi connectivity index (χ3n) is 6.09. The number of fused-ring (bicyclic) bond motifs is 1. The highest BCUT2D eigenvalue weighted by Gasteiger charge is 2.50. The molecule has 0 aromatic carbocycles. The van der Waals surface area contributed by atoms with Gasteiger partial charge in [-0.05, 0) is 36.8 Å². The molecule has 0 N–H and O–H groups in total. The van der Waals surface area contributed by atoms with Crippen LogP contribution in [-0.2, 0) is 11.3 Å². The first-order valence-corrected chi connectivity index (χ1v) is 9.05. The number of nitriles is 1. The van der Waals surface area contributed by atoms with E-state index in [-0.39, 0.29) is 5.91 Å². The summed E-state index contributed by atoms with van der Waals surface area (Å²) >= 11 is 0. The molecule has 1 aromatic rings. The quantitative estimate of drug-likeness (QED) is 0.855. The fraction of sp³-hybridized carbons (Fsp3) is 0.632. The van der Waals surface area contributed by atoms with Crippen molar-refractivity contribution in [2.45, 2.75) is 44.7 Å². The monoisotopic (exact) mass is 324 g/mol. The first kappa shape index (κ1) is 15.6. The Labute approximate surface area is 143 Å². The molecular formula is C19H24N4O. The van der Waals surface area contributed by atoms with Crippen LogP contribution in [0.3, 0.4) is 0 Å². The first-order valence-electron chi connectivity index (χ1n) is 9.05. The van der Waals surface area contributed by atoms with Crippen LogP contribution in [0.1, 0.15) is 37.7 Å². The van der Waals surface area contributed by atoms with Gasteiger partial charge in [0.25, 0.3) is 0 Å². The average Bonchev–Trinajstić information content (AvgIpc) is 3.31. The van der Waals surface area contributed by atoms with E-state index in [2.05, 4.69) is 22.0 Å².